The van der Waals surface area contributed by atoms with Gasteiger partial charge in [-0.1, -0.05) is 12.1 Å². The third-order valence-electron chi connectivity index (χ3n) is 3.79. The van der Waals surface area contributed by atoms with Crippen molar-refractivity contribution in [2.75, 3.05) is 17.7 Å². The lowest BCUT2D eigenvalue weighted by Crippen LogP contribution is -2.29. The predicted molar refractivity (Wildman–Crippen MR) is 110 cm³/mol. The third kappa shape index (κ3) is 5.76. The topological polar surface area (TPSA) is 127 Å². The van der Waals surface area contributed by atoms with E-state index in [0.717, 1.165) is 23.5 Å². The number of nitrogens with one attached hydrogen (secondary N) is 2. The molecule has 1 aromatic heterocycles. The molecule has 31 heavy (non-hydrogen) atoms. The molecule has 0 saturated carbocycles. The van der Waals surface area contributed by atoms with Gasteiger partial charge in [0.1, 0.15) is 5.82 Å². The Balaban J connectivity index is 1.73. The number of hydrogen-bond acceptors (Lipinski definition) is 7. The van der Waals surface area contributed by atoms with Crippen LogP contribution in [0.4, 0.5) is 15.2 Å². The first-order valence-electron chi connectivity index (χ1n) is 8.74. The van der Waals surface area contributed by atoms with E-state index < -0.39 is 23.6 Å². The summed E-state index contributed by atoms with van der Waals surface area (Å²) < 4.78 is 24.6. The lowest BCUT2D eigenvalue weighted by molar-refractivity contribution is -0.136. The van der Waals surface area contributed by atoms with E-state index in [9.17, 15) is 18.8 Å². The van der Waals surface area contributed by atoms with Crippen LogP contribution in [0.1, 0.15) is 5.69 Å². The number of carbonyl (C=O) groups excluding carboxylic acids is 2. The zero-order chi connectivity index (χ0) is 22.4. The Morgan fingerprint density at radius 3 is 2.48 bits per heavy atom. The van der Waals surface area contributed by atoms with Crippen LogP contribution in [0.25, 0.3) is 0 Å². The average Bonchev–Trinajstić information content (AvgIpc) is 3.16. The second kappa shape index (κ2) is 9.67. The van der Waals surface area contributed by atoms with E-state index in [4.69, 9.17) is 14.6 Å². The number of para-hydroxylation sites is 2. The first kappa shape index (κ1) is 21.7. The number of hydrogen-bond donors (Lipinski definition) is 3. The van der Waals surface area contributed by atoms with Gasteiger partial charge in [-0.05, 0) is 24.3 Å². The van der Waals surface area contributed by atoms with Crippen molar-refractivity contribution in [2.45, 2.75) is 6.42 Å². The number of ether oxygens (including phenoxy) is 2. The SMILES string of the molecule is COc1ccccc1Oc1cc(F)ccc1NC(=O)C(=O)Nc1nc(CC(=O)O)cs1. The van der Waals surface area contributed by atoms with E-state index in [1.54, 1.807) is 24.3 Å². The summed E-state index contributed by atoms with van der Waals surface area (Å²) in [5.74, 6) is -3.13. The van der Waals surface area contributed by atoms with Gasteiger partial charge in [-0.3, -0.25) is 19.7 Å². The summed E-state index contributed by atoms with van der Waals surface area (Å²) in [6, 6.07) is 10.1. The predicted octanol–water partition coefficient (Wildman–Crippen LogP) is 3.29. The van der Waals surface area contributed by atoms with Crippen LogP contribution in [0, 0.1) is 5.82 Å². The number of rotatable bonds is 7. The van der Waals surface area contributed by atoms with Crippen molar-refractivity contribution >= 4 is 39.9 Å². The van der Waals surface area contributed by atoms with Crippen LogP contribution in [-0.4, -0.2) is 35.0 Å². The highest BCUT2D eigenvalue weighted by Gasteiger charge is 2.19. The van der Waals surface area contributed by atoms with Crippen molar-refractivity contribution in [3.63, 3.8) is 0 Å². The summed E-state index contributed by atoms with van der Waals surface area (Å²) in [6.07, 6.45) is -0.308. The number of carboxylic acid groups (broad SMARTS) is 1. The second-order valence-corrected chi connectivity index (χ2v) is 6.87. The van der Waals surface area contributed by atoms with Gasteiger partial charge >= 0.3 is 17.8 Å². The minimum Gasteiger partial charge on any atom is -0.493 e. The third-order valence-corrected chi connectivity index (χ3v) is 4.60. The van der Waals surface area contributed by atoms with Crippen molar-refractivity contribution in [2.24, 2.45) is 0 Å². The molecule has 0 aliphatic carbocycles. The molecule has 0 aliphatic heterocycles. The number of halogens is 1. The Labute approximate surface area is 179 Å². The summed E-state index contributed by atoms with van der Waals surface area (Å²) in [5.41, 5.74) is 0.303. The van der Waals surface area contributed by atoms with Crippen molar-refractivity contribution in [1.82, 2.24) is 4.98 Å². The van der Waals surface area contributed by atoms with Gasteiger partial charge in [0.2, 0.25) is 0 Å². The van der Waals surface area contributed by atoms with Gasteiger partial charge in [-0.2, -0.15) is 0 Å². The summed E-state index contributed by atoms with van der Waals surface area (Å²) in [6.45, 7) is 0. The summed E-state index contributed by atoms with van der Waals surface area (Å²) in [4.78, 5) is 39.1. The van der Waals surface area contributed by atoms with Gasteiger partial charge < -0.3 is 19.9 Å². The Hall–Kier alpha value is -3.99. The molecule has 0 radical (unpaired) electrons. The van der Waals surface area contributed by atoms with E-state index in [1.165, 1.54) is 18.6 Å². The molecule has 0 atom stereocenters. The molecule has 0 bridgehead atoms. The van der Waals surface area contributed by atoms with Gasteiger partial charge in [0.15, 0.2) is 22.4 Å². The van der Waals surface area contributed by atoms with Crippen molar-refractivity contribution in [3.05, 3.63) is 59.4 Å². The highest BCUT2D eigenvalue weighted by molar-refractivity contribution is 7.14. The van der Waals surface area contributed by atoms with Gasteiger partial charge in [-0.25, -0.2) is 9.37 Å². The first-order chi connectivity index (χ1) is 14.9. The van der Waals surface area contributed by atoms with E-state index in [1.807, 2.05) is 0 Å². The van der Waals surface area contributed by atoms with E-state index >= 15 is 0 Å². The molecule has 11 heteroatoms. The van der Waals surface area contributed by atoms with E-state index in [0.29, 0.717) is 5.75 Å². The lowest BCUT2D eigenvalue weighted by atomic mass is 10.2. The largest absolute Gasteiger partial charge is 0.493 e. The first-order valence-corrected chi connectivity index (χ1v) is 9.62. The number of anilines is 2. The maximum absolute atomic E-state index is 13.8. The molecule has 9 nitrogen and oxygen atoms in total. The van der Waals surface area contributed by atoms with Crippen molar-refractivity contribution < 1.29 is 33.4 Å². The number of carboxylic acids is 1. The Bertz CT molecular complexity index is 1130. The number of nitrogens with zero attached hydrogens (tertiary/aromatic N) is 1. The summed E-state index contributed by atoms with van der Waals surface area (Å²) >= 11 is 0.980. The molecule has 3 aromatic rings. The number of thiazole rings is 1. The maximum Gasteiger partial charge on any atom is 0.315 e. The zero-order valence-electron chi connectivity index (χ0n) is 16.0. The van der Waals surface area contributed by atoms with E-state index in [-0.39, 0.29) is 34.4 Å². The van der Waals surface area contributed by atoms with Crippen molar-refractivity contribution in [3.8, 4) is 17.2 Å². The average molecular weight is 445 g/mol. The van der Waals surface area contributed by atoms with Crippen LogP contribution < -0.4 is 20.1 Å². The number of carbonyl (C=O) groups is 3. The van der Waals surface area contributed by atoms with Gasteiger partial charge in [0, 0.05) is 11.4 Å². The smallest absolute Gasteiger partial charge is 0.315 e. The van der Waals surface area contributed by atoms with Crippen LogP contribution in [0.15, 0.2) is 47.8 Å². The Morgan fingerprint density at radius 1 is 1.06 bits per heavy atom. The number of amides is 2. The molecule has 0 spiro atoms. The summed E-state index contributed by atoms with van der Waals surface area (Å²) in [7, 11) is 1.45. The van der Waals surface area contributed by atoms with Crippen LogP contribution in [0.3, 0.4) is 0 Å². The molecule has 1 heterocycles. The molecule has 0 saturated heterocycles. The number of benzene rings is 2. The molecule has 160 valence electrons. The lowest BCUT2D eigenvalue weighted by Gasteiger charge is -2.14. The fourth-order valence-electron chi connectivity index (χ4n) is 2.44. The minimum absolute atomic E-state index is 0.0383. The second-order valence-electron chi connectivity index (χ2n) is 6.02. The molecule has 3 N–H and O–H groups in total. The quantitative estimate of drug-likeness (QED) is 0.476. The molecular formula is C20H16FN3O6S. The maximum atomic E-state index is 13.8. The monoisotopic (exact) mass is 445 g/mol. The molecule has 2 amide bonds. The fraction of sp³-hybridized carbons (Fsp3) is 0.100. The molecular weight excluding hydrogens is 429 g/mol. The standard InChI is InChI=1S/C20H16FN3O6S/c1-29-14-4-2-3-5-15(14)30-16-8-11(21)6-7-13(16)23-18(27)19(28)24-20-22-12(10-31-20)9-17(25)26/h2-8,10H,9H2,1H3,(H,23,27)(H,25,26)(H,22,24,28). The van der Waals surface area contributed by atoms with Crippen LogP contribution in [0.5, 0.6) is 17.2 Å². The molecule has 0 fully saturated rings. The highest BCUT2D eigenvalue weighted by Crippen LogP contribution is 2.35. The minimum atomic E-state index is -1.07. The Morgan fingerprint density at radius 2 is 1.77 bits per heavy atom. The number of aromatic nitrogens is 1. The summed E-state index contributed by atoms with van der Waals surface area (Å²) in [5, 5.41) is 14.9. The number of aliphatic carboxylic acids is 1. The van der Waals surface area contributed by atoms with Gasteiger partial charge in [0.05, 0.1) is 24.9 Å². The van der Waals surface area contributed by atoms with Gasteiger partial charge in [-0.15, -0.1) is 11.3 Å². The zero-order valence-corrected chi connectivity index (χ0v) is 16.9. The molecule has 0 aliphatic rings. The van der Waals surface area contributed by atoms with Crippen LogP contribution in [0.2, 0.25) is 0 Å². The molecule has 3 rings (SSSR count). The molecule has 0 unspecified atom stereocenters. The van der Waals surface area contributed by atoms with Crippen LogP contribution in [-0.2, 0) is 20.8 Å². The van der Waals surface area contributed by atoms with Crippen LogP contribution >= 0.6 is 11.3 Å². The Kier molecular flexibility index (Phi) is 6.78. The van der Waals surface area contributed by atoms with Gasteiger partial charge in [0.25, 0.3) is 0 Å². The normalized spacial score (nSPS) is 10.3. The number of methoxy groups -OCH3 is 1. The fourth-order valence-corrected chi connectivity index (χ4v) is 3.14. The molecule has 2 aromatic carbocycles. The highest BCUT2D eigenvalue weighted by atomic mass is 32.1. The van der Waals surface area contributed by atoms with Crippen molar-refractivity contribution in [1.29, 1.82) is 0 Å². The van der Waals surface area contributed by atoms with E-state index in [2.05, 4.69) is 15.6 Å².